The molecule has 1 heterocycles. The average molecular weight is 259 g/mol. The minimum Gasteiger partial charge on any atom is -0.305 e. The Morgan fingerprint density at radius 2 is 2.11 bits per heavy atom. The molecule has 0 saturated carbocycles. The monoisotopic (exact) mass is 259 g/mol. The summed E-state index contributed by atoms with van der Waals surface area (Å²) in [6.07, 6.45) is 1.12. The van der Waals surface area contributed by atoms with Crippen molar-refractivity contribution >= 4 is 11.3 Å². The van der Waals surface area contributed by atoms with E-state index >= 15 is 0 Å². The molecule has 1 atom stereocenters. The predicted octanol–water partition coefficient (Wildman–Crippen LogP) is 4.47. The summed E-state index contributed by atoms with van der Waals surface area (Å²) in [5, 5.41) is 5.80. The molecule has 2 heteroatoms. The van der Waals surface area contributed by atoms with Gasteiger partial charge in [0.2, 0.25) is 0 Å². The van der Waals surface area contributed by atoms with Crippen molar-refractivity contribution in [1.29, 1.82) is 0 Å². The van der Waals surface area contributed by atoms with Gasteiger partial charge in [-0.05, 0) is 42.8 Å². The van der Waals surface area contributed by atoms with Gasteiger partial charge in [-0.3, -0.25) is 0 Å². The molecule has 2 aromatic rings. The molecular weight excluding hydrogens is 238 g/mol. The van der Waals surface area contributed by atoms with E-state index in [0.29, 0.717) is 6.04 Å². The molecule has 0 fully saturated rings. The molecule has 0 aliphatic rings. The maximum atomic E-state index is 3.61. The van der Waals surface area contributed by atoms with Crippen molar-refractivity contribution in [3.8, 4) is 0 Å². The van der Waals surface area contributed by atoms with Crippen LogP contribution in [0.25, 0.3) is 0 Å². The van der Waals surface area contributed by atoms with E-state index < -0.39 is 0 Å². The number of nitrogens with one attached hydrogen (secondary N) is 1. The van der Waals surface area contributed by atoms with Gasteiger partial charge in [0.15, 0.2) is 0 Å². The van der Waals surface area contributed by atoms with E-state index in [1.54, 1.807) is 0 Å². The Morgan fingerprint density at radius 3 is 2.83 bits per heavy atom. The summed E-state index contributed by atoms with van der Waals surface area (Å²) in [4.78, 5) is 1.47. The third-order valence-corrected chi connectivity index (χ3v) is 4.29. The van der Waals surface area contributed by atoms with Gasteiger partial charge in [-0.1, -0.05) is 36.8 Å². The number of thiophene rings is 1. The van der Waals surface area contributed by atoms with Crippen molar-refractivity contribution < 1.29 is 0 Å². The van der Waals surface area contributed by atoms with Crippen molar-refractivity contribution in [2.75, 3.05) is 0 Å². The first-order chi connectivity index (χ1) is 8.70. The highest BCUT2D eigenvalue weighted by molar-refractivity contribution is 7.10. The van der Waals surface area contributed by atoms with Crippen molar-refractivity contribution in [3.05, 3.63) is 57.3 Å². The highest BCUT2D eigenvalue weighted by Gasteiger charge is 2.07. The van der Waals surface area contributed by atoms with Crippen LogP contribution in [0.3, 0.4) is 0 Å². The summed E-state index contributed by atoms with van der Waals surface area (Å²) in [5.74, 6) is 0. The lowest BCUT2D eigenvalue weighted by Crippen LogP contribution is -2.18. The molecule has 1 aromatic carbocycles. The van der Waals surface area contributed by atoms with Crippen LogP contribution in [0.4, 0.5) is 0 Å². The van der Waals surface area contributed by atoms with Gasteiger partial charge >= 0.3 is 0 Å². The molecule has 1 N–H and O–H groups in total. The second-order valence-electron chi connectivity index (χ2n) is 4.74. The lowest BCUT2D eigenvalue weighted by atomic mass is 10.1. The molecule has 18 heavy (non-hydrogen) atoms. The lowest BCUT2D eigenvalue weighted by molar-refractivity contribution is 0.577. The summed E-state index contributed by atoms with van der Waals surface area (Å²) in [6, 6.07) is 11.4. The topological polar surface area (TPSA) is 12.0 Å². The highest BCUT2D eigenvalue weighted by Crippen LogP contribution is 2.19. The number of rotatable bonds is 5. The fraction of sp³-hybridized carbons (Fsp3) is 0.375. The molecule has 0 aliphatic carbocycles. The van der Waals surface area contributed by atoms with Crippen LogP contribution < -0.4 is 5.32 Å². The number of benzene rings is 1. The van der Waals surface area contributed by atoms with Gasteiger partial charge in [-0.2, -0.15) is 0 Å². The molecule has 1 nitrogen and oxygen atoms in total. The molecule has 0 aliphatic heterocycles. The first-order valence-electron chi connectivity index (χ1n) is 6.56. The molecule has 0 saturated heterocycles. The largest absolute Gasteiger partial charge is 0.305 e. The maximum absolute atomic E-state index is 3.61. The molecule has 0 radical (unpaired) electrons. The second kappa shape index (κ2) is 6.17. The van der Waals surface area contributed by atoms with Gasteiger partial charge in [0.25, 0.3) is 0 Å². The zero-order valence-electron chi connectivity index (χ0n) is 11.4. The first-order valence-corrected chi connectivity index (χ1v) is 7.44. The first kappa shape index (κ1) is 13.3. The van der Waals surface area contributed by atoms with Crippen LogP contribution in [0.2, 0.25) is 0 Å². The summed E-state index contributed by atoms with van der Waals surface area (Å²) in [5.41, 5.74) is 4.17. The van der Waals surface area contributed by atoms with Crippen LogP contribution in [-0.4, -0.2) is 0 Å². The zero-order chi connectivity index (χ0) is 13.0. The molecule has 0 amide bonds. The fourth-order valence-electron chi connectivity index (χ4n) is 2.14. The summed E-state index contributed by atoms with van der Waals surface area (Å²) in [7, 11) is 0. The normalized spacial score (nSPS) is 12.6. The van der Waals surface area contributed by atoms with E-state index in [2.05, 4.69) is 61.8 Å². The van der Waals surface area contributed by atoms with Gasteiger partial charge in [0, 0.05) is 17.5 Å². The number of aryl methyl sites for hydroxylation is 2. The van der Waals surface area contributed by atoms with Crippen LogP contribution in [0, 0.1) is 6.92 Å². The van der Waals surface area contributed by atoms with Crippen LogP contribution in [0.1, 0.15) is 41.5 Å². The smallest absolute Gasteiger partial charge is 0.0308 e. The number of hydrogen-bond donors (Lipinski definition) is 1. The van der Waals surface area contributed by atoms with E-state index in [0.717, 1.165) is 13.0 Å². The van der Waals surface area contributed by atoms with E-state index in [1.165, 1.54) is 21.6 Å². The molecule has 0 spiro atoms. The quantitative estimate of drug-likeness (QED) is 0.835. The van der Waals surface area contributed by atoms with E-state index in [-0.39, 0.29) is 0 Å². The average Bonchev–Trinajstić information content (AvgIpc) is 2.83. The van der Waals surface area contributed by atoms with Crippen molar-refractivity contribution in [2.24, 2.45) is 0 Å². The Hall–Kier alpha value is -1.12. The third kappa shape index (κ3) is 3.21. The van der Waals surface area contributed by atoms with E-state index in [9.17, 15) is 0 Å². The predicted molar refractivity (Wildman–Crippen MR) is 80.1 cm³/mol. The van der Waals surface area contributed by atoms with Gasteiger partial charge in [-0.15, -0.1) is 11.3 Å². The van der Waals surface area contributed by atoms with Gasteiger partial charge in [0.1, 0.15) is 0 Å². The molecule has 96 valence electrons. The minimum absolute atomic E-state index is 0.400. The highest BCUT2D eigenvalue weighted by atomic mass is 32.1. The Bertz CT molecular complexity index is 501. The van der Waals surface area contributed by atoms with Gasteiger partial charge < -0.3 is 5.32 Å². The zero-order valence-corrected chi connectivity index (χ0v) is 12.2. The van der Waals surface area contributed by atoms with E-state index in [4.69, 9.17) is 0 Å². The minimum atomic E-state index is 0.400. The third-order valence-electron chi connectivity index (χ3n) is 3.33. The fourth-order valence-corrected chi connectivity index (χ4v) is 3.07. The lowest BCUT2D eigenvalue weighted by Gasteiger charge is -2.15. The maximum Gasteiger partial charge on any atom is 0.0308 e. The van der Waals surface area contributed by atoms with Crippen molar-refractivity contribution in [2.45, 2.75) is 39.8 Å². The Balaban J connectivity index is 1.98. The summed E-state index contributed by atoms with van der Waals surface area (Å²) < 4.78 is 0. The molecular formula is C16H21NS. The van der Waals surface area contributed by atoms with Gasteiger partial charge in [0.05, 0.1) is 0 Å². The second-order valence-corrected chi connectivity index (χ2v) is 5.74. The Morgan fingerprint density at radius 1 is 1.28 bits per heavy atom. The van der Waals surface area contributed by atoms with Crippen LogP contribution in [-0.2, 0) is 13.0 Å². The molecule has 2 rings (SSSR count). The van der Waals surface area contributed by atoms with Crippen LogP contribution >= 0.6 is 11.3 Å². The standard InChI is InChI=1S/C16H21NS/c1-4-14-8-9-18-16(14)11-17-13(3)15-7-5-6-12(2)10-15/h5-10,13,17H,4,11H2,1-3H3. The number of hydrogen-bond acceptors (Lipinski definition) is 2. The van der Waals surface area contributed by atoms with E-state index in [1.807, 2.05) is 11.3 Å². The molecule has 1 aromatic heterocycles. The Kier molecular flexibility index (Phi) is 4.56. The molecule has 0 bridgehead atoms. The summed E-state index contributed by atoms with van der Waals surface area (Å²) >= 11 is 1.85. The van der Waals surface area contributed by atoms with Gasteiger partial charge in [-0.25, -0.2) is 0 Å². The van der Waals surface area contributed by atoms with Crippen LogP contribution in [0.5, 0.6) is 0 Å². The van der Waals surface area contributed by atoms with Crippen molar-refractivity contribution in [3.63, 3.8) is 0 Å². The van der Waals surface area contributed by atoms with Crippen molar-refractivity contribution in [1.82, 2.24) is 5.32 Å². The SMILES string of the molecule is CCc1ccsc1CNC(C)c1cccc(C)c1. The Labute approximate surface area is 114 Å². The molecule has 1 unspecified atom stereocenters. The van der Waals surface area contributed by atoms with Crippen LogP contribution in [0.15, 0.2) is 35.7 Å². The summed E-state index contributed by atoms with van der Waals surface area (Å²) in [6.45, 7) is 7.56.